The quantitative estimate of drug-likeness (QED) is 0.209. The van der Waals surface area contributed by atoms with Gasteiger partial charge in [0.15, 0.2) is 5.75 Å². The van der Waals surface area contributed by atoms with Crippen LogP contribution in [0.3, 0.4) is 0 Å². The molecule has 0 aliphatic rings. The Morgan fingerprint density at radius 3 is 2.28 bits per heavy atom. The fourth-order valence-electron chi connectivity index (χ4n) is 3.12. The second kappa shape index (κ2) is 12.6. The Kier molecular flexibility index (Phi) is 9.87. The number of sulfonamides is 1. The van der Waals surface area contributed by atoms with Gasteiger partial charge in [-0.05, 0) is 42.8 Å². The van der Waals surface area contributed by atoms with Gasteiger partial charge in [0.05, 0.1) is 23.5 Å². The van der Waals surface area contributed by atoms with Gasteiger partial charge in [0.1, 0.15) is 6.04 Å². The highest BCUT2D eigenvalue weighted by Crippen LogP contribution is 2.28. The maximum Gasteiger partial charge on any atom is 0.328 e. The molecule has 2 aromatic rings. The van der Waals surface area contributed by atoms with Crippen LogP contribution in [0.4, 0.5) is 11.4 Å². The summed E-state index contributed by atoms with van der Waals surface area (Å²) >= 11 is 0. The van der Waals surface area contributed by atoms with Crippen LogP contribution in [0, 0.1) is 10.1 Å². The lowest BCUT2D eigenvalue weighted by atomic mass is 10.0. The number of nitrogens with two attached hydrogens (primary N) is 1. The number of carbonyl (C=O) groups is 3. The van der Waals surface area contributed by atoms with E-state index in [1.165, 1.54) is 49.6 Å². The van der Waals surface area contributed by atoms with E-state index in [9.17, 15) is 32.9 Å². The van der Waals surface area contributed by atoms with E-state index in [0.717, 1.165) is 0 Å². The largest absolute Gasteiger partial charge is 0.490 e. The Bertz CT molecular complexity index is 1230. The van der Waals surface area contributed by atoms with Crippen molar-refractivity contribution in [3.8, 4) is 5.75 Å². The van der Waals surface area contributed by atoms with Crippen LogP contribution < -0.4 is 20.5 Å². The number of hydrogen-bond donors (Lipinski definition) is 3. The summed E-state index contributed by atoms with van der Waals surface area (Å²) in [5.74, 6) is -1.82. The van der Waals surface area contributed by atoms with E-state index < -0.39 is 38.8 Å². The molecule has 194 valence electrons. The first-order chi connectivity index (χ1) is 16.9. The summed E-state index contributed by atoms with van der Waals surface area (Å²) in [4.78, 5) is 47.5. The predicted octanol–water partition coefficient (Wildman–Crippen LogP) is 1.26. The van der Waals surface area contributed by atoms with Crippen LogP contribution in [-0.4, -0.2) is 50.9 Å². The number of primary sulfonamides is 1. The smallest absolute Gasteiger partial charge is 0.328 e. The summed E-state index contributed by atoms with van der Waals surface area (Å²) in [6.45, 7) is 1.65. The number of hydrogen-bond acceptors (Lipinski definition) is 9. The molecule has 2 rings (SSSR count). The number of nitrogens with one attached hydrogen (secondary N) is 2. The van der Waals surface area contributed by atoms with Crippen LogP contribution in [0.1, 0.15) is 25.3 Å². The zero-order valence-electron chi connectivity index (χ0n) is 19.6. The number of methoxy groups -OCH3 is 1. The number of nitrogens with zero attached hydrogens (tertiary/aromatic N) is 1. The summed E-state index contributed by atoms with van der Waals surface area (Å²) in [7, 11) is -2.58. The Morgan fingerprint density at radius 2 is 1.72 bits per heavy atom. The minimum absolute atomic E-state index is 0.0470. The van der Waals surface area contributed by atoms with E-state index in [4.69, 9.17) is 14.6 Å². The van der Waals surface area contributed by atoms with Crippen LogP contribution in [0.25, 0.3) is 0 Å². The first-order valence-corrected chi connectivity index (χ1v) is 12.2. The average Bonchev–Trinajstić information content (AvgIpc) is 2.82. The molecule has 13 nitrogen and oxygen atoms in total. The van der Waals surface area contributed by atoms with E-state index >= 15 is 0 Å². The van der Waals surface area contributed by atoms with Crippen LogP contribution in [-0.2, 0) is 35.6 Å². The molecular formula is C22H26N4O9S. The van der Waals surface area contributed by atoms with Gasteiger partial charge in [-0.15, -0.1) is 0 Å². The number of carbonyl (C=O) groups excluding carboxylic acids is 3. The highest BCUT2D eigenvalue weighted by Gasteiger charge is 2.25. The molecule has 0 saturated carbocycles. The Balaban J connectivity index is 2.00. The van der Waals surface area contributed by atoms with Gasteiger partial charge in [0, 0.05) is 31.0 Å². The summed E-state index contributed by atoms with van der Waals surface area (Å²) < 4.78 is 32.5. The second-order valence-electron chi connectivity index (χ2n) is 7.46. The maximum absolute atomic E-state index is 12.4. The molecule has 1 atom stereocenters. The van der Waals surface area contributed by atoms with Gasteiger partial charge < -0.3 is 20.1 Å². The molecule has 0 bridgehead atoms. The molecule has 0 fully saturated rings. The number of nitro groups is 1. The number of rotatable bonds is 12. The number of esters is 1. The van der Waals surface area contributed by atoms with Crippen molar-refractivity contribution in [3.63, 3.8) is 0 Å². The third-order valence-electron chi connectivity index (χ3n) is 4.83. The fraction of sp³-hybridized carbons (Fsp3) is 0.318. The van der Waals surface area contributed by atoms with Crippen molar-refractivity contribution in [2.24, 2.45) is 5.14 Å². The highest BCUT2D eigenvalue weighted by atomic mass is 32.2. The van der Waals surface area contributed by atoms with Crippen molar-refractivity contribution in [2.75, 3.05) is 19.0 Å². The molecule has 0 aromatic heterocycles. The standard InChI is InChI=1S/C22H26N4O9S/c1-3-35-22(29)17(12-14-4-9-19(34-2)18(13-14)26(30)31)25-21(28)11-10-20(27)24-15-5-7-16(8-6-15)36(23,32)33/h4-9,13,17H,3,10-12H2,1-2H3,(H,24,27)(H,25,28)(H2,23,32,33)/t17-/m1/s1. The third kappa shape index (κ3) is 8.32. The van der Waals surface area contributed by atoms with Crippen molar-refractivity contribution in [1.82, 2.24) is 5.32 Å². The van der Waals surface area contributed by atoms with E-state index in [0.29, 0.717) is 11.3 Å². The van der Waals surface area contributed by atoms with Gasteiger partial charge in [-0.2, -0.15) is 0 Å². The minimum atomic E-state index is -3.87. The van der Waals surface area contributed by atoms with Gasteiger partial charge >= 0.3 is 11.7 Å². The van der Waals surface area contributed by atoms with Gasteiger partial charge in [-0.25, -0.2) is 18.4 Å². The number of amides is 2. The van der Waals surface area contributed by atoms with E-state index in [-0.39, 0.29) is 42.2 Å². The van der Waals surface area contributed by atoms with Gasteiger partial charge in [0.25, 0.3) is 0 Å². The summed E-state index contributed by atoms with van der Waals surface area (Å²) in [5, 5.41) is 21.3. The molecule has 2 amide bonds. The Hall–Kier alpha value is -4.04. The van der Waals surface area contributed by atoms with E-state index in [1.54, 1.807) is 6.92 Å². The predicted molar refractivity (Wildman–Crippen MR) is 128 cm³/mol. The minimum Gasteiger partial charge on any atom is -0.490 e. The number of ether oxygens (including phenoxy) is 2. The molecule has 36 heavy (non-hydrogen) atoms. The van der Waals surface area contributed by atoms with Crippen molar-refractivity contribution in [3.05, 3.63) is 58.1 Å². The molecule has 0 aliphatic carbocycles. The summed E-state index contributed by atoms with van der Waals surface area (Å²) in [6, 6.07) is 8.17. The molecular weight excluding hydrogens is 496 g/mol. The molecule has 0 spiro atoms. The molecule has 0 heterocycles. The van der Waals surface area contributed by atoms with E-state index in [1.807, 2.05) is 0 Å². The molecule has 14 heteroatoms. The molecule has 0 aliphatic heterocycles. The lowest BCUT2D eigenvalue weighted by Gasteiger charge is -2.17. The first kappa shape index (κ1) is 28.2. The third-order valence-corrected chi connectivity index (χ3v) is 5.76. The van der Waals surface area contributed by atoms with Gasteiger partial charge in [-0.1, -0.05) is 6.07 Å². The number of benzene rings is 2. The van der Waals surface area contributed by atoms with E-state index in [2.05, 4.69) is 10.6 Å². The van der Waals surface area contributed by atoms with Crippen LogP contribution in [0.2, 0.25) is 0 Å². The molecule has 4 N–H and O–H groups in total. The zero-order chi connectivity index (χ0) is 26.9. The first-order valence-electron chi connectivity index (χ1n) is 10.6. The molecule has 0 radical (unpaired) electrons. The fourth-order valence-corrected chi connectivity index (χ4v) is 3.64. The summed E-state index contributed by atoms with van der Waals surface area (Å²) in [6.07, 6.45) is -0.579. The monoisotopic (exact) mass is 522 g/mol. The summed E-state index contributed by atoms with van der Waals surface area (Å²) in [5.41, 5.74) is 0.401. The van der Waals surface area contributed by atoms with Crippen molar-refractivity contribution in [1.29, 1.82) is 0 Å². The molecule has 2 aromatic carbocycles. The lowest BCUT2D eigenvalue weighted by molar-refractivity contribution is -0.385. The molecule has 0 saturated heterocycles. The lowest BCUT2D eigenvalue weighted by Crippen LogP contribution is -2.43. The average molecular weight is 523 g/mol. The molecule has 0 unspecified atom stereocenters. The normalized spacial score (nSPS) is 11.8. The topological polar surface area (TPSA) is 197 Å². The Morgan fingerprint density at radius 1 is 1.08 bits per heavy atom. The maximum atomic E-state index is 12.4. The van der Waals surface area contributed by atoms with Crippen molar-refractivity contribution >= 4 is 39.2 Å². The SMILES string of the molecule is CCOC(=O)[C@@H](Cc1ccc(OC)c([N+](=O)[O-])c1)NC(=O)CCC(=O)Nc1ccc(S(N)(=O)=O)cc1. The van der Waals surface area contributed by atoms with Gasteiger partial charge in [-0.3, -0.25) is 19.7 Å². The van der Waals surface area contributed by atoms with Gasteiger partial charge in [0.2, 0.25) is 21.8 Å². The van der Waals surface area contributed by atoms with Crippen molar-refractivity contribution in [2.45, 2.75) is 37.1 Å². The Labute approximate surface area is 207 Å². The highest BCUT2D eigenvalue weighted by molar-refractivity contribution is 7.89. The number of anilines is 1. The zero-order valence-corrected chi connectivity index (χ0v) is 20.4. The van der Waals surface area contributed by atoms with Crippen LogP contribution in [0.15, 0.2) is 47.4 Å². The van der Waals surface area contributed by atoms with Crippen LogP contribution in [0.5, 0.6) is 5.75 Å². The second-order valence-corrected chi connectivity index (χ2v) is 9.02. The van der Waals surface area contributed by atoms with Crippen molar-refractivity contribution < 1.29 is 37.2 Å². The van der Waals surface area contributed by atoms with Crippen LogP contribution >= 0.6 is 0 Å². The number of nitro benzene ring substituents is 1.